The van der Waals surface area contributed by atoms with Crippen LogP contribution in [0.25, 0.3) is 11.1 Å². The Hall–Kier alpha value is -2.82. The molecule has 26 heavy (non-hydrogen) atoms. The van der Waals surface area contributed by atoms with E-state index in [1.165, 1.54) is 23.1 Å². The van der Waals surface area contributed by atoms with Crippen LogP contribution < -0.4 is 0 Å². The number of esters is 1. The van der Waals surface area contributed by atoms with Crippen LogP contribution in [0.1, 0.15) is 30.4 Å². The summed E-state index contributed by atoms with van der Waals surface area (Å²) in [5.74, 6) is -0.443. The number of methoxy groups -OCH3 is 1. The van der Waals surface area contributed by atoms with Crippen LogP contribution in [0.3, 0.4) is 0 Å². The third kappa shape index (κ3) is 3.17. The number of fused-ring (bicyclic) bond motifs is 3. The number of amides is 1. The van der Waals surface area contributed by atoms with E-state index in [1.807, 2.05) is 31.2 Å². The van der Waals surface area contributed by atoms with Crippen LogP contribution in [0.5, 0.6) is 0 Å². The molecule has 1 aliphatic rings. The summed E-state index contributed by atoms with van der Waals surface area (Å²) in [5, 5.41) is 0. The molecule has 2 aromatic carbocycles. The summed E-state index contributed by atoms with van der Waals surface area (Å²) >= 11 is 0. The topological polar surface area (TPSA) is 55.8 Å². The lowest BCUT2D eigenvalue weighted by Crippen LogP contribution is -2.43. The molecule has 0 unspecified atom stereocenters. The molecule has 0 fully saturated rings. The van der Waals surface area contributed by atoms with Crippen LogP contribution in [-0.4, -0.2) is 43.8 Å². The first kappa shape index (κ1) is 18.0. The highest BCUT2D eigenvalue weighted by molar-refractivity contribution is 5.81. The predicted molar refractivity (Wildman–Crippen MR) is 98.9 cm³/mol. The average Bonchev–Trinajstić information content (AvgIpc) is 3.00. The Labute approximate surface area is 153 Å². The number of benzene rings is 2. The largest absolute Gasteiger partial charge is 0.467 e. The molecule has 0 saturated carbocycles. The fourth-order valence-electron chi connectivity index (χ4n) is 3.56. The van der Waals surface area contributed by atoms with E-state index >= 15 is 0 Å². The number of ether oxygens (including phenoxy) is 2. The van der Waals surface area contributed by atoms with Crippen molar-refractivity contribution in [1.29, 1.82) is 0 Å². The van der Waals surface area contributed by atoms with Crippen molar-refractivity contribution in [3.63, 3.8) is 0 Å². The van der Waals surface area contributed by atoms with Gasteiger partial charge in [-0.25, -0.2) is 9.59 Å². The number of carbonyl (C=O) groups excluding carboxylic acids is 2. The molecule has 5 nitrogen and oxygen atoms in total. The van der Waals surface area contributed by atoms with Crippen molar-refractivity contribution in [2.24, 2.45) is 0 Å². The summed E-state index contributed by atoms with van der Waals surface area (Å²) < 4.78 is 10.3. The Bertz CT molecular complexity index is 772. The lowest BCUT2D eigenvalue weighted by molar-refractivity contribution is -0.146. The van der Waals surface area contributed by atoms with Crippen molar-refractivity contribution in [1.82, 2.24) is 4.90 Å². The van der Waals surface area contributed by atoms with Crippen molar-refractivity contribution >= 4 is 12.1 Å². The van der Waals surface area contributed by atoms with Crippen LogP contribution in [0, 0.1) is 0 Å². The van der Waals surface area contributed by atoms with Gasteiger partial charge in [-0.2, -0.15) is 0 Å². The normalized spacial score (nSPS) is 13.5. The van der Waals surface area contributed by atoms with E-state index in [-0.39, 0.29) is 12.5 Å². The smallest absolute Gasteiger partial charge is 0.410 e. The van der Waals surface area contributed by atoms with E-state index in [2.05, 4.69) is 24.3 Å². The molecule has 5 heteroatoms. The molecule has 0 heterocycles. The van der Waals surface area contributed by atoms with Crippen LogP contribution in [-0.2, 0) is 14.3 Å². The third-order valence-corrected chi connectivity index (χ3v) is 4.95. The second kappa shape index (κ2) is 7.60. The van der Waals surface area contributed by atoms with Gasteiger partial charge in [-0.3, -0.25) is 4.90 Å². The van der Waals surface area contributed by atoms with E-state index in [0.717, 1.165) is 11.1 Å². The molecule has 0 bridgehead atoms. The summed E-state index contributed by atoms with van der Waals surface area (Å²) in [6.45, 7) is 2.06. The van der Waals surface area contributed by atoms with Gasteiger partial charge in [-0.05, 0) is 28.7 Å². The lowest BCUT2D eigenvalue weighted by Gasteiger charge is -2.25. The Balaban J connectivity index is 1.76. The van der Waals surface area contributed by atoms with Gasteiger partial charge in [0.15, 0.2) is 0 Å². The van der Waals surface area contributed by atoms with Crippen LogP contribution >= 0.6 is 0 Å². The van der Waals surface area contributed by atoms with Gasteiger partial charge in [0.2, 0.25) is 0 Å². The van der Waals surface area contributed by atoms with E-state index in [4.69, 9.17) is 9.47 Å². The van der Waals surface area contributed by atoms with Gasteiger partial charge in [0, 0.05) is 13.0 Å². The van der Waals surface area contributed by atoms with Gasteiger partial charge in [0.25, 0.3) is 0 Å². The molecule has 2 aromatic rings. The molecule has 0 N–H and O–H groups in total. The maximum absolute atomic E-state index is 12.4. The van der Waals surface area contributed by atoms with Gasteiger partial charge < -0.3 is 9.47 Å². The van der Waals surface area contributed by atoms with Crippen molar-refractivity contribution in [3.05, 3.63) is 59.7 Å². The standard InChI is InChI=1S/C21H23NO4/c1-4-19(20(23)25-3)22(2)21(24)26-13-18-16-11-7-5-9-14(16)15-10-6-8-12-17(15)18/h5-12,18-19H,4,13H2,1-3H3/t19-/m1/s1. The molecule has 0 saturated heterocycles. The predicted octanol–water partition coefficient (Wildman–Crippen LogP) is 3.82. The minimum atomic E-state index is -0.643. The molecule has 1 atom stereocenters. The first-order valence-electron chi connectivity index (χ1n) is 8.74. The number of rotatable bonds is 5. The number of nitrogens with zero attached hydrogens (tertiary/aromatic N) is 1. The molecule has 0 aromatic heterocycles. The number of carbonyl (C=O) groups is 2. The maximum atomic E-state index is 12.4. The molecule has 1 aliphatic carbocycles. The summed E-state index contributed by atoms with van der Waals surface area (Å²) in [6, 6.07) is 15.7. The number of hydrogen-bond donors (Lipinski definition) is 0. The number of likely N-dealkylation sites (N-methyl/N-ethyl adjacent to an activating group) is 1. The molecule has 0 spiro atoms. The zero-order valence-electron chi connectivity index (χ0n) is 15.3. The van der Waals surface area contributed by atoms with E-state index in [0.29, 0.717) is 6.42 Å². The van der Waals surface area contributed by atoms with Crippen LogP contribution in [0.15, 0.2) is 48.5 Å². The van der Waals surface area contributed by atoms with Crippen molar-refractivity contribution in [2.75, 3.05) is 20.8 Å². The average molecular weight is 353 g/mol. The van der Waals surface area contributed by atoms with Gasteiger partial charge >= 0.3 is 12.1 Å². The molecular weight excluding hydrogens is 330 g/mol. The first-order chi connectivity index (χ1) is 12.6. The minimum Gasteiger partial charge on any atom is -0.467 e. The van der Waals surface area contributed by atoms with Crippen molar-refractivity contribution in [2.45, 2.75) is 25.3 Å². The lowest BCUT2D eigenvalue weighted by atomic mass is 9.98. The molecule has 3 rings (SSSR count). The maximum Gasteiger partial charge on any atom is 0.410 e. The Morgan fingerprint density at radius 1 is 1.04 bits per heavy atom. The molecular formula is C21H23NO4. The summed E-state index contributed by atoms with van der Waals surface area (Å²) in [7, 11) is 2.88. The SMILES string of the molecule is CC[C@H](C(=O)OC)N(C)C(=O)OCC1c2ccccc2-c2ccccc21. The van der Waals surface area contributed by atoms with Crippen LogP contribution in [0.2, 0.25) is 0 Å². The minimum absolute atomic E-state index is 0.00190. The molecule has 136 valence electrons. The second-order valence-corrected chi connectivity index (χ2v) is 6.36. The first-order valence-corrected chi connectivity index (χ1v) is 8.74. The Kier molecular flexibility index (Phi) is 5.26. The van der Waals surface area contributed by atoms with E-state index < -0.39 is 18.1 Å². The highest BCUT2D eigenvalue weighted by Crippen LogP contribution is 2.44. The number of hydrogen-bond acceptors (Lipinski definition) is 4. The fraction of sp³-hybridized carbons (Fsp3) is 0.333. The van der Waals surface area contributed by atoms with E-state index in [9.17, 15) is 9.59 Å². The highest BCUT2D eigenvalue weighted by Gasteiger charge is 2.31. The van der Waals surface area contributed by atoms with Gasteiger partial charge in [-0.1, -0.05) is 55.5 Å². The van der Waals surface area contributed by atoms with Crippen LogP contribution in [0.4, 0.5) is 4.79 Å². The molecule has 0 aliphatic heterocycles. The second-order valence-electron chi connectivity index (χ2n) is 6.36. The van der Waals surface area contributed by atoms with Gasteiger partial charge in [-0.15, -0.1) is 0 Å². The third-order valence-electron chi connectivity index (χ3n) is 4.95. The molecule has 0 radical (unpaired) electrons. The Morgan fingerprint density at radius 2 is 1.58 bits per heavy atom. The van der Waals surface area contributed by atoms with Gasteiger partial charge in [0.1, 0.15) is 12.6 Å². The van der Waals surface area contributed by atoms with Crippen molar-refractivity contribution in [3.8, 4) is 11.1 Å². The van der Waals surface area contributed by atoms with E-state index in [1.54, 1.807) is 7.05 Å². The van der Waals surface area contributed by atoms with Crippen molar-refractivity contribution < 1.29 is 19.1 Å². The quantitative estimate of drug-likeness (QED) is 0.767. The highest BCUT2D eigenvalue weighted by atomic mass is 16.6. The summed E-state index contributed by atoms with van der Waals surface area (Å²) in [5.41, 5.74) is 4.67. The van der Waals surface area contributed by atoms with Gasteiger partial charge in [0.05, 0.1) is 7.11 Å². The summed E-state index contributed by atoms with van der Waals surface area (Å²) in [6.07, 6.45) is -0.0583. The summed E-state index contributed by atoms with van der Waals surface area (Å²) in [4.78, 5) is 25.5. The zero-order valence-corrected chi connectivity index (χ0v) is 15.3. The molecule has 1 amide bonds. The zero-order chi connectivity index (χ0) is 18.7. The monoisotopic (exact) mass is 353 g/mol. The Morgan fingerprint density at radius 3 is 2.08 bits per heavy atom. The fourth-order valence-corrected chi connectivity index (χ4v) is 3.56.